The summed E-state index contributed by atoms with van der Waals surface area (Å²) in [5.74, 6) is 1.38. The van der Waals surface area contributed by atoms with Crippen LogP contribution >= 0.6 is 0 Å². The second-order valence-electron chi connectivity index (χ2n) is 6.56. The molecule has 0 aliphatic carbocycles. The summed E-state index contributed by atoms with van der Waals surface area (Å²) in [6.07, 6.45) is 0. The Balaban J connectivity index is 1.65. The van der Waals surface area contributed by atoms with E-state index in [2.05, 4.69) is 0 Å². The van der Waals surface area contributed by atoms with E-state index in [1.165, 1.54) is 0 Å². The molecule has 2 aromatic rings. The third kappa shape index (κ3) is 4.05. The Morgan fingerprint density at radius 1 is 0.815 bits per heavy atom. The van der Waals surface area contributed by atoms with Crippen molar-refractivity contribution in [2.45, 2.75) is 13.0 Å². The minimum atomic E-state index is -0.0597. The van der Waals surface area contributed by atoms with Crippen molar-refractivity contribution in [2.24, 2.45) is 0 Å². The van der Waals surface area contributed by atoms with Gasteiger partial charge in [-0.25, -0.2) is 0 Å². The second-order valence-corrected chi connectivity index (χ2v) is 6.56. The van der Waals surface area contributed by atoms with Gasteiger partial charge in [0.1, 0.15) is 11.5 Å². The fourth-order valence-electron chi connectivity index (χ4n) is 3.26. The van der Waals surface area contributed by atoms with Crippen molar-refractivity contribution >= 4 is 11.8 Å². The molecule has 1 aliphatic heterocycles. The molecule has 2 aromatic carbocycles. The van der Waals surface area contributed by atoms with E-state index in [0.717, 1.165) is 11.5 Å². The summed E-state index contributed by atoms with van der Waals surface area (Å²) in [7, 11) is 3.19. The van der Waals surface area contributed by atoms with Gasteiger partial charge in [-0.3, -0.25) is 9.59 Å². The zero-order chi connectivity index (χ0) is 19.4. The summed E-state index contributed by atoms with van der Waals surface area (Å²) in [6.45, 7) is 3.49. The SMILES string of the molecule is COc1ccc(C(=O)N2CCN(C(=O)c3ccc(OC)cc3)[C@H](C)C2)cc1. The molecule has 0 bridgehead atoms. The maximum absolute atomic E-state index is 12.8. The molecule has 0 aromatic heterocycles. The van der Waals surface area contributed by atoms with Gasteiger partial charge in [-0.05, 0) is 55.5 Å². The molecular weight excluding hydrogens is 344 g/mol. The lowest BCUT2D eigenvalue weighted by atomic mass is 10.1. The highest BCUT2D eigenvalue weighted by atomic mass is 16.5. The average Bonchev–Trinajstić information content (AvgIpc) is 2.72. The van der Waals surface area contributed by atoms with Gasteiger partial charge in [0.05, 0.1) is 14.2 Å². The Kier molecular flexibility index (Phi) is 5.64. The molecule has 0 radical (unpaired) electrons. The molecule has 6 heteroatoms. The van der Waals surface area contributed by atoms with Crippen molar-refractivity contribution in [3.05, 3.63) is 59.7 Å². The molecule has 2 amide bonds. The number of ether oxygens (including phenoxy) is 2. The van der Waals surface area contributed by atoms with Gasteiger partial charge < -0.3 is 19.3 Å². The summed E-state index contributed by atoms with van der Waals surface area (Å²) in [6, 6.07) is 14.1. The first kappa shape index (κ1) is 18.8. The molecule has 0 unspecified atom stereocenters. The zero-order valence-electron chi connectivity index (χ0n) is 15.8. The van der Waals surface area contributed by atoms with E-state index < -0.39 is 0 Å². The van der Waals surface area contributed by atoms with Gasteiger partial charge in [0.15, 0.2) is 0 Å². The van der Waals surface area contributed by atoms with Crippen LogP contribution in [0.3, 0.4) is 0 Å². The first-order chi connectivity index (χ1) is 13.0. The van der Waals surface area contributed by atoms with Crippen molar-refractivity contribution in [3.63, 3.8) is 0 Å². The molecule has 1 fully saturated rings. The minimum Gasteiger partial charge on any atom is -0.497 e. The van der Waals surface area contributed by atoms with Crippen LogP contribution in [-0.2, 0) is 0 Å². The summed E-state index contributed by atoms with van der Waals surface area (Å²) < 4.78 is 10.3. The third-order valence-electron chi connectivity index (χ3n) is 4.85. The number of hydrogen-bond acceptors (Lipinski definition) is 4. The molecule has 0 saturated carbocycles. The number of benzene rings is 2. The smallest absolute Gasteiger partial charge is 0.254 e. The number of amides is 2. The van der Waals surface area contributed by atoms with Crippen LogP contribution in [0.2, 0.25) is 0 Å². The van der Waals surface area contributed by atoms with Gasteiger partial charge in [-0.1, -0.05) is 0 Å². The lowest BCUT2D eigenvalue weighted by Crippen LogP contribution is -2.55. The summed E-state index contributed by atoms with van der Waals surface area (Å²) in [4.78, 5) is 29.1. The molecule has 0 spiro atoms. The summed E-state index contributed by atoms with van der Waals surface area (Å²) in [5, 5.41) is 0. The highest BCUT2D eigenvalue weighted by Crippen LogP contribution is 2.19. The topological polar surface area (TPSA) is 59.1 Å². The third-order valence-corrected chi connectivity index (χ3v) is 4.85. The number of methoxy groups -OCH3 is 2. The standard InChI is InChI=1S/C21H24N2O4/c1-15-14-22(20(24)16-4-8-18(26-2)9-5-16)12-13-23(15)21(25)17-6-10-19(27-3)11-7-17/h4-11,15H,12-14H2,1-3H3/t15-/m1/s1. The van der Waals surface area contributed by atoms with Gasteiger partial charge in [0.2, 0.25) is 0 Å². The number of carbonyl (C=O) groups excluding carboxylic acids is 2. The first-order valence-corrected chi connectivity index (χ1v) is 8.92. The lowest BCUT2D eigenvalue weighted by molar-refractivity contribution is 0.0414. The van der Waals surface area contributed by atoms with Gasteiger partial charge >= 0.3 is 0 Å². The van der Waals surface area contributed by atoms with Crippen molar-refractivity contribution in [3.8, 4) is 11.5 Å². The molecule has 1 atom stereocenters. The molecule has 0 N–H and O–H groups in total. The maximum atomic E-state index is 12.8. The fourth-order valence-corrected chi connectivity index (χ4v) is 3.26. The molecule has 6 nitrogen and oxygen atoms in total. The number of carbonyl (C=O) groups is 2. The van der Waals surface area contributed by atoms with Crippen molar-refractivity contribution in [1.29, 1.82) is 0 Å². The Bertz CT molecular complexity index is 802. The molecule has 27 heavy (non-hydrogen) atoms. The van der Waals surface area contributed by atoms with Crippen LogP contribution in [-0.4, -0.2) is 61.5 Å². The number of piperazine rings is 1. The molecule has 1 heterocycles. The van der Waals surface area contributed by atoms with Crippen LogP contribution in [0.5, 0.6) is 11.5 Å². The predicted octanol–water partition coefficient (Wildman–Crippen LogP) is 2.69. The van der Waals surface area contributed by atoms with Gasteiger partial charge in [-0.2, -0.15) is 0 Å². The fraction of sp³-hybridized carbons (Fsp3) is 0.333. The van der Waals surface area contributed by atoms with Crippen LogP contribution in [0.1, 0.15) is 27.6 Å². The van der Waals surface area contributed by atoms with Crippen molar-refractivity contribution in [2.75, 3.05) is 33.9 Å². The van der Waals surface area contributed by atoms with E-state index in [-0.39, 0.29) is 17.9 Å². The van der Waals surface area contributed by atoms with Gasteiger partial charge in [0.25, 0.3) is 11.8 Å². The Morgan fingerprint density at radius 2 is 1.30 bits per heavy atom. The summed E-state index contributed by atoms with van der Waals surface area (Å²) in [5.41, 5.74) is 1.25. The molecular formula is C21H24N2O4. The van der Waals surface area contributed by atoms with Gasteiger partial charge in [0, 0.05) is 36.8 Å². The van der Waals surface area contributed by atoms with Crippen molar-refractivity contribution in [1.82, 2.24) is 9.80 Å². The van der Waals surface area contributed by atoms with Crippen molar-refractivity contribution < 1.29 is 19.1 Å². The molecule has 142 valence electrons. The van der Waals surface area contributed by atoms with E-state index in [9.17, 15) is 9.59 Å². The van der Waals surface area contributed by atoms with E-state index in [4.69, 9.17) is 9.47 Å². The quantitative estimate of drug-likeness (QED) is 0.833. The van der Waals surface area contributed by atoms with Crippen LogP contribution < -0.4 is 9.47 Å². The first-order valence-electron chi connectivity index (χ1n) is 8.92. The number of hydrogen-bond donors (Lipinski definition) is 0. The minimum absolute atomic E-state index is 0.0262. The summed E-state index contributed by atoms with van der Waals surface area (Å²) >= 11 is 0. The monoisotopic (exact) mass is 368 g/mol. The highest BCUT2D eigenvalue weighted by molar-refractivity contribution is 5.96. The van der Waals surface area contributed by atoms with E-state index in [1.54, 1.807) is 67.7 Å². The average molecular weight is 368 g/mol. The van der Waals surface area contributed by atoms with E-state index in [1.807, 2.05) is 11.8 Å². The second kappa shape index (κ2) is 8.12. The molecule has 1 aliphatic rings. The van der Waals surface area contributed by atoms with Gasteiger partial charge in [-0.15, -0.1) is 0 Å². The van der Waals surface area contributed by atoms with Crippen LogP contribution in [0.4, 0.5) is 0 Å². The Labute approximate surface area is 159 Å². The number of rotatable bonds is 4. The maximum Gasteiger partial charge on any atom is 0.254 e. The normalized spacial score (nSPS) is 16.8. The van der Waals surface area contributed by atoms with Crippen LogP contribution in [0.25, 0.3) is 0 Å². The van der Waals surface area contributed by atoms with Crippen LogP contribution in [0.15, 0.2) is 48.5 Å². The van der Waals surface area contributed by atoms with E-state index >= 15 is 0 Å². The zero-order valence-corrected chi connectivity index (χ0v) is 15.8. The predicted molar refractivity (Wildman–Crippen MR) is 102 cm³/mol. The lowest BCUT2D eigenvalue weighted by Gasteiger charge is -2.40. The number of nitrogens with zero attached hydrogens (tertiary/aromatic N) is 2. The van der Waals surface area contributed by atoms with E-state index in [0.29, 0.717) is 30.8 Å². The Hall–Kier alpha value is -3.02. The molecule has 1 saturated heterocycles. The molecule has 3 rings (SSSR count). The largest absolute Gasteiger partial charge is 0.497 e. The highest BCUT2D eigenvalue weighted by Gasteiger charge is 2.30. The Morgan fingerprint density at radius 3 is 1.74 bits per heavy atom. The van der Waals surface area contributed by atoms with Crippen LogP contribution in [0, 0.1) is 0 Å².